The number of fused-ring (bicyclic) bond motifs is 1. The highest BCUT2D eigenvalue weighted by atomic mass is 32.2. The van der Waals surface area contributed by atoms with Gasteiger partial charge in [-0.1, -0.05) is 36.6 Å². The summed E-state index contributed by atoms with van der Waals surface area (Å²) in [7, 11) is -3.55. The van der Waals surface area contributed by atoms with Crippen LogP contribution < -0.4 is 0 Å². The molecule has 1 unspecified atom stereocenters. The van der Waals surface area contributed by atoms with Crippen molar-refractivity contribution in [3.05, 3.63) is 42.0 Å². The van der Waals surface area contributed by atoms with Crippen molar-refractivity contribution >= 4 is 16.0 Å². The summed E-state index contributed by atoms with van der Waals surface area (Å²) in [5.41, 5.74) is 0.462. The first kappa shape index (κ1) is 17.2. The molecule has 3 rings (SSSR count). The Morgan fingerprint density at radius 3 is 2.71 bits per heavy atom. The van der Waals surface area contributed by atoms with Gasteiger partial charge >= 0.3 is 5.97 Å². The Morgan fingerprint density at radius 2 is 2.04 bits per heavy atom. The van der Waals surface area contributed by atoms with Gasteiger partial charge in [0.1, 0.15) is 0 Å². The Labute approximate surface area is 143 Å². The van der Waals surface area contributed by atoms with Crippen molar-refractivity contribution in [2.45, 2.75) is 56.0 Å². The first-order chi connectivity index (χ1) is 11.4. The van der Waals surface area contributed by atoms with Gasteiger partial charge in [0.25, 0.3) is 0 Å². The lowest BCUT2D eigenvalue weighted by atomic mass is 9.89. The average molecular weight is 349 g/mol. The molecule has 5 nitrogen and oxygen atoms in total. The topological polar surface area (TPSA) is 63.5 Å². The normalized spacial score (nSPS) is 29.2. The van der Waals surface area contributed by atoms with Gasteiger partial charge in [-0.15, -0.1) is 0 Å². The molecule has 1 aromatic rings. The molecule has 0 spiro atoms. The van der Waals surface area contributed by atoms with Crippen LogP contribution in [0.1, 0.15) is 38.2 Å². The van der Waals surface area contributed by atoms with E-state index >= 15 is 0 Å². The van der Waals surface area contributed by atoms with Crippen molar-refractivity contribution in [2.75, 3.05) is 6.61 Å². The molecule has 0 radical (unpaired) electrons. The van der Waals surface area contributed by atoms with Gasteiger partial charge in [-0.3, -0.25) is 0 Å². The van der Waals surface area contributed by atoms with E-state index < -0.39 is 21.5 Å². The van der Waals surface area contributed by atoms with Crippen LogP contribution in [0, 0.1) is 6.92 Å². The fraction of sp³-hybridized carbons (Fsp3) is 0.500. The number of carbonyl (C=O) groups is 1. The minimum atomic E-state index is -3.55. The Hall–Kier alpha value is -1.66. The van der Waals surface area contributed by atoms with E-state index in [4.69, 9.17) is 4.74 Å². The summed E-state index contributed by atoms with van der Waals surface area (Å²) in [6.45, 7) is 3.99. The zero-order valence-corrected chi connectivity index (χ0v) is 14.9. The number of ether oxygens (including phenoxy) is 1. The molecule has 1 saturated carbocycles. The smallest absolute Gasteiger partial charge is 0.330 e. The standard InChI is InChI=1S/C18H23NO4S/c1-3-23-17(20)11-13-18-12-5-4-6-16(18)19(18)24(21,22)15-9-7-14(2)8-10-15/h7-11,13,16H,3-6,12H2,1-2H3/b13-11+/t16-,18-,19?/m0/s1. The maximum absolute atomic E-state index is 13.0. The Bertz CT molecular complexity index is 754. The van der Waals surface area contributed by atoms with Gasteiger partial charge < -0.3 is 4.74 Å². The van der Waals surface area contributed by atoms with Crippen LogP contribution in [0.2, 0.25) is 0 Å². The number of benzene rings is 1. The highest BCUT2D eigenvalue weighted by Crippen LogP contribution is 2.55. The summed E-state index contributed by atoms with van der Waals surface area (Å²) in [6, 6.07) is 6.86. The third kappa shape index (κ3) is 2.89. The summed E-state index contributed by atoms with van der Waals surface area (Å²) < 4.78 is 32.5. The van der Waals surface area contributed by atoms with E-state index in [1.54, 1.807) is 41.6 Å². The SMILES string of the molecule is CCOC(=O)/C=C/[C@@]12CCCC[C@@H]1N2S(=O)(=O)c1ccc(C)cc1. The third-order valence-corrected chi connectivity index (χ3v) is 6.86. The van der Waals surface area contributed by atoms with Crippen LogP contribution in [0.15, 0.2) is 41.3 Å². The predicted octanol–water partition coefficient (Wildman–Crippen LogP) is 2.80. The quantitative estimate of drug-likeness (QED) is 0.466. The van der Waals surface area contributed by atoms with Gasteiger partial charge in [-0.2, -0.15) is 4.31 Å². The second-order valence-corrected chi connectivity index (χ2v) is 8.27. The zero-order valence-electron chi connectivity index (χ0n) is 14.1. The van der Waals surface area contributed by atoms with E-state index in [9.17, 15) is 13.2 Å². The van der Waals surface area contributed by atoms with Crippen molar-refractivity contribution in [3.8, 4) is 0 Å². The minimum Gasteiger partial charge on any atom is -0.463 e. The molecule has 1 aromatic carbocycles. The van der Waals surface area contributed by atoms with Gasteiger partial charge in [0.2, 0.25) is 10.0 Å². The summed E-state index contributed by atoms with van der Waals surface area (Å²) >= 11 is 0. The van der Waals surface area contributed by atoms with E-state index in [1.807, 2.05) is 6.92 Å². The van der Waals surface area contributed by atoms with Gasteiger partial charge in [0, 0.05) is 12.1 Å². The highest BCUT2D eigenvalue weighted by molar-refractivity contribution is 7.89. The molecule has 0 N–H and O–H groups in total. The lowest BCUT2D eigenvalue weighted by Gasteiger charge is -2.16. The van der Waals surface area contributed by atoms with E-state index in [0.717, 1.165) is 31.2 Å². The molecule has 1 aliphatic heterocycles. The van der Waals surface area contributed by atoms with Crippen LogP contribution in [-0.4, -0.2) is 36.9 Å². The molecule has 24 heavy (non-hydrogen) atoms. The maximum atomic E-state index is 13.0. The fourth-order valence-corrected chi connectivity index (χ4v) is 5.66. The van der Waals surface area contributed by atoms with Crippen molar-refractivity contribution < 1.29 is 17.9 Å². The number of hydrogen-bond acceptors (Lipinski definition) is 4. The van der Waals surface area contributed by atoms with Gasteiger partial charge in [-0.25, -0.2) is 13.2 Å². The number of hydrogen-bond donors (Lipinski definition) is 0. The molecule has 0 bridgehead atoms. The number of sulfonamides is 1. The summed E-state index contributed by atoms with van der Waals surface area (Å²) in [4.78, 5) is 11.9. The van der Waals surface area contributed by atoms with Crippen molar-refractivity contribution in [1.29, 1.82) is 0 Å². The number of nitrogens with zero attached hydrogens (tertiary/aromatic N) is 1. The average Bonchev–Trinajstić information content (AvgIpc) is 3.24. The largest absolute Gasteiger partial charge is 0.463 e. The van der Waals surface area contributed by atoms with Crippen LogP contribution in [0.4, 0.5) is 0 Å². The molecule has 3 atom stereocenters. The molecular formula is C18H23NO4S. The molecule has 0 amide bonds. The molecule has 6 heteroatoms. The van der Waals surface area contributed by atoms with Crippen LogP contribution >= 0.6 is 0 Å². The molecular weight excluding hydrogens is 326 g/mol. The first-order valence-electron chi connectivity index (χ1n) is 8.39. The Morgan fingerprint density at radius 1 is 1.33 bits per heavy atom. The first-order valence-corrected chi connectivity index (χ1v) is 9.83. The second kappa shape index (κ2) is 6.33. The van der Waals surface area contributed by atoms with E-state index in [1.165, 1.54) is 6.08 Å². The highest BCUT2D eigenvalue weighted by Gasteiger charge is 2.67. The monoisotopic (exact) mass is 349 g/mol. The van der Waals surface area contributed by atoms with Crippen LogP contribution in [0.3, 0.4) is 0 Å². The lowest BCUT2D eigenvalue weighted by Crippen LogP contribution is -2.23. The Kier molecular flexibility index (Phi) is 4.53. The number of esters is 1. The van der Waals surface area contributed by atoms with Gasteiger partial charge in [-0.05, 0) is 38.8 Å². The molecule has 2 aliphatic rings. The molecule has 1 heterocycles. The summed E-state index contributed by atoms with van der Waals surface area (Å²) in [5, 5.41) is 0. The number of rotatable bonds is 5. The minimum absolute atomic E-state index is 0.0526. The van der Waals surface area contributed by atoms with Crippen LogP contribution in [-0.2, 0) is 19.6 Å². The van der Waals surface area contributed by atoms with Crippen LogP contribution in [0.25, 0.3) is 0 Å². The summed E-state index contributed by atoms with van der Waals surface area (Å²) in [6.07, 6.45) is 6.67. The molecule has 0 aromatic heterocycles. The molecule has 1 saturated heterocycles. The van der Waals surface area contributed by atoms with E-state index in [2.05, 4.69) is 0 Å². The summed E-state index contributed by atoms with van der Waals surface area (Å²) in [5.74, 6) is -0.421. The third-order valence-electron chi connectivity index (χ3n) is 4.88. The van der Waals surface area contributed by atoms with Crippen molar-refractivity contribution in [3.63, 3.8) is 0 Å². The number of aryl methyl sites for hydroxylation is 1. The van der Waals surface area contributed by atoms with Crippen molar-refractivity contribution in [2.24, 2.45) is 0 Å². The van der Waals surface area contributed by atoms with Gasteiger partial charge in [0.05, 0.1) is 17.0 Å². The second-order valence-electron chi connectivity index (χ2n) is 6.45. The Balaban J connectivity index is 1.89. The molecule has 130 valence electrons. The van der Waals surface area contributed by atoms with E-state index in [-0.39, 0.29) is 6.04 Å². The van der Waals surface area contributed by atoms with E-state index in [0.29, 0.717) is 11.5 Å². The van der Waals surface area contributed by atoms with Crippen LogP contribution in [0.5, 0.6) is 0 Å². The fourth-order valence-electron chi connectivity index (χ4n) is 3.66. The van der Waals surface area contributed by atoms with Gasteiger partial charge in [0.15, 0.2) is 0 Å². The predicted molar refractivity (Wildman–Crippen MR) is 91.0 cm³/mol. The van der Waals surface area contributed by atoms with Crippen molar-refractivity contribution in [1.82, 2.24) is 4.31 Å². The number of carbonyl (C=O) groups excluding carboxylic acids is 1. The molecule has 2 fully saturated rings. The molecule has 1 aliphatic carbocycles. The zero-order chi connectivity index (χ0) is 17.4. The lowest BCUT2D eigenvalue weighted by molar-refractivity contribution is -0.137. The maximum Gasteiger partial charge on any atom is 0.330 e.